The van der Waals surface area contributed by atoms with E-state index in [1.54, 1.807) is 18.2 Å². The summed E-state index contributed by atoms with van der Waals surface area (Å²) in [4.78, 5) is 25.1. The van der Waals surface area contributed by atoms with Crippen molar-refractivity contribution in [3.63, 3.8) is 0 Å². The third-order valence-corrected chi connectivity index (χ3v) is 3.56. The number of hydrogen-bond donors (Lipinski definition) is 1. The molecule has 0 aromatic heterocycles. The molecule has 4 nitrogen and oxygen atoms in total. The molecule has 1 aliphatic rings. The highest BCUT2D eigenvalue weighted by atomic mass is 35.5. The van der Waals surface area contributed by atoms with Crippen molar-refractivity contribution in [3.8, 4) is 0 Å². The second-order valence-electron chi connectivity index (χ2n) is 4.87. The first-order chi connectivity index (χ1) is 8.99. The van der Waals surface area contributed by atoms with Gasteiger partial charge in [-0.05, 0) is 49.9 Å². The van der Waals surface area contributed by atoms with Gasteiger partial charge in [-0.2, -0.15) is 0 Å². The fourth-order valence-corrected chi connectivity index (χ4v) is 2.75. The zero-order chi connectivity index (χ0) is 14.0. The number of likely N-dealkylation sites (tertiary alicyclic amines) is 1. The lowest BCUT2D eigenvalue weighted by atomic mass is 10.0. The van der Waals surface area contributed by atoms with Crippen molar-refractivity contribution in [3.05, 3.63) is 34.3 Å². The third kappa shape index (κ3) is 3.07. The number of benzene rings is 1. The van der Waals surface area contributed by atoms with E-state index in [-0.39, 0.29) is 5.91 Å². The van der Waals surface area contributed by atoms with Gasteiger partial charge in [-0.1, -0.05) is 11.6 Å². The number of carboxylic acid groups (broad SMARTS) is 1. The van der Waals surface area contributed by atoms with Gasteiger partial charge >= 0.3 is 5.97 Å². The molecule has 1 fully saturated rings. The zero-order valence-corrected chi connectivity index (χ0v) is 11.5. The third-order valence-electron chi connectivity index (χ3n) is 3.34. The van der Waals surface area contributed by atoms with Crippen molar-refractivity contribution >= 4 is 23.5 Å². The maximum absolute atomic E-state index is 12.4. The lowest BCUT2D eigenvalue weighted by Gasteiger charge is -2.33. The Balaban J connectivity index is 2.28. The molecule has 1 saturated heterocycles. The number of carbonyl (C=O) groups excluding carboxylic acids is 1. The standard InChI is InChI=1S/C14H16ClNO3/c1-9-6-10(8-11(15)7-9)13(17)16-5-3-2-4-12(16)14(18)19/h6-8,12H,2-5H2,1H3,(H,18,19)/t12-/m0/s1. The minimum atomic E-state index is -0.938. The summed E-state index contributed by atoms with van der Waals surface area (Å²) in [6, 6.07) is 4.37. The summed E-state index contributed by atoms with van der Waals surface area (Å²) >= 11 is 5.94. The normalized spacial score (nSPS) is 19.3. The molecule has 0 radical (unpaired) electrons. The number of hydrogen-bond acceptors (Lipinski definition) is 2. The second kappa shape index (κ2) is 5.61. The van der Waals surface area contributed by atoms with Crippen molar-refractivity contribution < 1.29 is 14.7 Å². The first-order valence-corrected chi connectivity index (χ1v) is 6.68. The van der Waals surface area contributed by atoms with Crippen LogP contribution < -0.4 is 0 Å². The van der Waals surface area contributed by atoms with E-state index in [0.717, 1.165) is 18.4 Å². The van der Waals surface area contributed by atoms with Crippen molar-refractivity contribution in [2.75, 3.05) is 6.54 Å². The van der Waals surface area contributed by atoms with E-state index in [4.69, 9.17) is 11.6 Å². The van der Waals surface area contributed by atoms with Crippen LogP contribution in [-0.4, -0.2) is 34.5 Å². The molecule has 0 spiro atoms. The Labute approximate surface area is 117 Å². The molecule has 102 valence electrons. The summed E-state index contributed by atoms with van der Waals surface area (Å²) < 4.78 is 0. The van der Waals surface area contributed by atoms with Gasteiger partial charge in [-0.3, -0.25) is 4.79 Å². The number of piperidine rings is 1. The molecule has 5 heteroatoms. The Bertz CT molecular complexity index is 495. The SMILES string of the molecule is Cc1cc(Cl)cc(C(=O)N2CCCC[C@H]2C(=O)O)c1. The first-order valence-electron chi connectivity index (χ1n) is 6.30. The zero-order valence-electron chi connectivity index (χ0n) is 10.7. The Hall–Kier alpha value is -1.55. The lowest BCUT2D eigenvalue weighted by Crippen LogP contribution is -2.48. The van der Waals surface area contributed by atoms with Crippen LogP contribution in [0.25, 0.3) is 0 Å². The van der Waals surface area contributed by atoms with Crippen LogP contribution in [0.4, 0.5) is 0 Å². The fourth-order valence-electron chi connectivity index (χ4n) is 2.46. The number of halogens is 1. The van der Waals surface area contributed by atoms with E-state index in [0.29, 0.717) is 23.6 Å². The van der Waals surface area contributed by atoms with Gasteiger partial charge in [0.1, 0.15) is 6.04 Å². The van der Waals surface area contributed by atoms with E-state index >= 15 is 0 Å². The molecule has 1 aromatic carbocycles. The van der Waals surface area contributed by atoms with Gasteiger partial charge in [0.25, 0.3) is 5.91 Å². The van der Waals surface area contributed by atoms with E-state index in [2.05, 4.69) is 0 Å². The van der Waals surface area contributed by atoms with Crippen LogP contribution >= 0.6 is 11.6 Å². The maximum Gasteiger partial charge on any atom is 0.326 e. The molecule has 0 unspecified atom stereocenters. The van der Waals surface area contributed by atoms with Crippen molar-refractivity contribution in [2.24, 2.45) is 0 Å². The second-order valence-corrected chi connectivity index (χ2v) is 5.30. The number of nitrogens with zero attached hydrogens (tertiary/aromatic N) is 1. The number of aryl methyl sites for hydroxylation is 1. The van der Waals surface area contributed by atoms with Gasteiger partial charge in [0.2, 0.25) is 0 Å². The topological polar surface area (TPSA) is 57.6 Å². The minimum absolute atomic E-state index is 0.252. The van der Waals surface area contributed by atoms with Crippen molar-refractivity contribution in [1.82, 2.24) is 4.90 Å². The van der Waals surface area contributed by atoms with Crippen LogP contribution in [0, 0.1) is 6.92 Å². The molecule has 1 atom stereocenters. The molecule has 1 aromatic rings. The average Bonchev–Trinajstić information content (AvgIpc) is 2.36. The molecule has 1 N–H and O–H groups in total. The molecule has 19 heavy (non-hydrogen) atoms. The predicted molar refractivity (Wildman–Crippen MR) is 72.5 cm³/mol. The van der Waals surface area contributed by atoms with Gasteiger partial charge in [-0.15, -0.1) is 0 Å². The quantitative estimate of drug-likeness (QED) is 0.907. The summed E-state index contributed by atoms with van der Waals surface area (Å²) in [5.41, 5.74) is 1.35. The molecule has 0 aliphatic carbocycles. The molecule has 0 bridgehead atoms. The van der Waals surface area contributed by atoms with Gasteiger partial charge in [0, 0.05) is 17.1 Å². The highest BCUT2D eigenvalue weighted by Gasteiger charge is 2.32. The highest BCUT2D eigenvalue weighted by molar-refractivity contribution is 6.31. The molecular formula is C14H16ClNO3. The molecule has 0 saturated carbocycles. The summed E-state index contributed by atoms with van der Waals surface area (Å²) in [6.07, 6.45) is 2.20. The molecule has 1 amide bonds. The molecule has 1 aliphatic heterocycles. The Kier molecular flexibility index (Phi) is 4.10. The van der Waals surface area contributed by atoms with Crippen molar-refractivity contribution in [1.29, 1.82) is 0 Å². The lowest BCUT2D eigenvalue weighted by molar-refractivity contribution is -0.143. The monoisotopic (exact) mass is 281 g/mol. The van der Waals surface area contributed by atoms with E-state index in [1.165, 1.54) is 4.90 Å². The predicted octanol–water partition coefficient (Wildman–Crippen LogP) is 2.73. The van der Waals surface area contributed by atoms with Crippen LogP contribution in [0.2, 0.25) is 5.02 Å². The number of amides is 1. The number of rotatable bonds is 2. The highest BCUT2D eigenvalue weighted by Crippen LogP contribution is 2.22. The van der Waals surface area contributed by atoms with E-state index in [1.807, 2.05) is 6.92 Å². The van der Waals surface area contributed by atoms with Crippen LogP contribution in [-0.2, 0) is 4.79 Å². The maximum atomic E-state index is 12.4. The molecule has 1 heterocycles. The Morgan fingerprint density at radius 1 is 1.32 bits per heavy atom. The van der Waals surface area contributed by atoms with Gasteiger partial charge in [-0.25, -0.2) is 4.79 Å². The summed E-state index contributed by atoms with van der Waals surface area (Å²) in [5.74, 6) is -1.19. The molecular weight excluding hydrogens is 266 g/mol. The van der Waals surface area contributed by atoms with Crippen LogP contribution in [0.5, 0.6) is 0 Å². The minimum Gasteiger partial charge on any atom is -0.480 e. The molecule has 2 rings (SSSR count). The number of aliphatic carboxylic acids is 1. The van der Waals surface area contributed by atoms with Gasteiger partial charge in [0.15, 0.2) is 0 Å². The van der Waals surface area contributed by atoms with Crippen LogP contribution in [0.3, 0.4) is 0 Å². The van der Waals surface area contributed by atoms with Gasteiger partial charge < -0.3 is 10.0 Å². The first kappa shape index (κ1) is 13.9. The number of carboxylic acids is 1. The van der Waals surface area contributed by atoms with Crippen LogP contribution in [0.15, 0.2) is 18.2 Å². The summed E-state index contributed by atoms with van der Waals surface area (Å²) in [7, 11) is 0. The number of carbonyl (C=O) groups is 2. The Morgan fingerprint density at radius 3 is 2.68 bits per heavy atom. The van der Waals surface area contributed by atoms with Crippen molar-refractivity contribution in [2.45, 2.75) is 32.2 Å². The van der Waals surface area contributed by atoms with Gasteiger partial charge in [0.05, 0.1) is 0 Å². The average molecular weight is 282 g/mol. The summed E-state index contributed by atoms with van der Waals surface area (Å²) in [6.45, 7) is 2.34. The fraction of sp³-hybridized carbons (Fsp3) is 0.429. The van der Waals surface area contributed by atoms with E-state index < -0.39 is 12.0 Å². The summed E-state index contributed by atoms with van der Waals surface area (Å²) in [5, 5.41) is 9.69. The Morgan fingerprint density at radius 2 is 2.05 bits per heavy atom. The van der Waals surface area contributed by atoms with Crippen LogP contribution in [0.1, 0.15) is 35.2 Å². The van der Waals surface area contributed by atoms with E-state index in [9.17, 15) is 14.7 Å². The largest absolute Gasteiger partial charge is 0.480 e. The smallest absolute Gasteiger partial charge is 0.326 e.